The van der Waals surface area contributed by atoms with Crippen molar-refractivity contribution >= 4 is 17.1 Å². The van der Waals surface area contributed by atoms with Gasteiger partial charge in [-0.15, -0.1) is 0 Å². The van der Waals surface area contributed by atoms with Crippen molar-refractivity contribution in [1.82, 2.24) is 0 Å². The van der Waals surface area contributed by atoms with Gasteiger partial charge in [0.1, 0.15) is 6.10 Å². The minimum Gasteiger partial charge on any atom is -0.414 e. The summed E-state index contributed by atoms with van der Waals surface area (Å²) in [5.41, 5.74) is 1.86. The van der Waals surface area contributed by atoms with E-state index in [-0.39, 0.29) is 34.4 Å². The Morgan fingerprint density at radius 1 is 0.833 bits per heavy atom. The third-order valence-corrected chi connectivity index (χ3v) is 17.1. The largest absolute Gasteiger partial charge is 0.414 e. The zero-order valence-electron chi connectivity index (χ0n) is 19.8. The lowest BCUT2D eigenvalue weighted by atomic mass is 10.0. The van der Waals surface area contributed by atoms with Crippen molar-refractivity contribution < 1.29 is 22.8 Å². The quantitative estimate of drug-likeness (QED) is 0.591. The maximum Gasteiger partial charge on any atom is 0.335 e. The fourth-order valence-electron chi connectivity index (χ4n) is 5.08. The standard InChI is InChI=1S/C23H40O5Si2/c1-16(2)29(17(3)4)25-15-22-21(27-30(28-29,18(5)6)19(7)8)14-23(24,26-22)20-12-10-9-11-13-20/h9-13,16-19,21-22,24H,14-15H2,1-8H3/t21-,22+,23?/m0/s1. The summed E-state index contributed by atoms with van der Waals surface area (Å²) in [5, 5.41) is 11.4. The second-order valence-corrected chi connectivity index (χ2v) is 19.0. The molecule has 0 spiro atoms. The van der Waals surface area contributed by atoms with Gasteiger partial charge in [0.2, 0.25) is 0 Å². The third kappa shape index (κ3) is 4.10. The lowest BCUT2D eigenvalue weighted by Gasteiger charge is -2.51. The summed E-state index contributed by atoms with van der Waals surface area (Å²) in [4.78, 5) is 0. The summed E-state index contributed by atoms with van der Waals surface area (Å²) in [6, 6.07) is 9.61. The summed E-state index contributed by atoms with van der Waals surface area (Å²) in [6.07, 6.45) is -0.175. The van der Waals surface area contributed by atoms with Gasteiger partial charge in [-0.1, -0.05) is 85.7 Å². The van der Waals surface area contributed by atoms with E-state index >= 15 is 0 Å². The SMILES string of the molecule is CC(C)[Si]1(C(C)C)OC[C@H]2OC(O)(c3ccccc3)C[C@@H]2O[Si](C(C)C)(C(C)C)O1. The molecule has 0 saturated carbocycles. The van der Waals surface area contributed by atoms with Gasteiger partial charge >= 0.3 is 17.1 Å². The Labute approximate surface area is 184 Å². The Balaban J connectivity index is 2.04. The van der Waals surface area contributed by atoms with Crippen LogP contribution >= 0.6 is 0 Å². The van der Waals surface area contributed by atoms with Crippen LogP contribution in [-0.2, 0) is 23.5 Å². The molecular formula is C23H40O5Si2. The number of benzene rings is 1. The van der Waals surface area contributed by atoms with Crippen molar-refractivity contribution in [3.8, 4) is 0 Å². The fraction of sp³-hybridized carbons (Fsp3) is 0.739. The molecule has 3 atom stereocenters. The molecule has 0 aromatic heterocycles. The van der Waals surface area contributed by atoms with Crippen LogP contribution in [0, 0.1) is 0 Å². The summed E-state index contributed by atoms with van der Waals surface area (Å²) >= 11 is 0. The van der Waals surface area contributed by atoms with Crippen LogP contribution < -0.4 is 0 Å². The van der Waals surface area contributed by atoms with E-state index in [0.29, 0.717) is 13.0 Å². The second-order valence-electron chi connectivity index (χ2n) is 10.1. The van der Waals surface area contributed by atoms with E-state index in [9.17, 15) is 5.11 Å². The highest BCUT2D eigenvalue weighted by atomic mass is 28.5. The summed E-state index contributed by atoms with van der Waals surface area (Å²) < 4.78 is 27.2. The van der Waals surface area contributed by atoms with E-state index in [0.717, 1.165) is 5.56 Å². The van der Waals surface area contributed by atoms with E-state index in [1.165, 1.54) is 0 Å². The van der Waals surface area contributed by atoms with Gasteiger partial charge in [-0.3, -0.25) is 0 Å². The molecular weight excluding hydrogens is 412 g/mol. The molecule has 0 aliphatic carbocycles. The monoisotopic (exact) mass is 452 g/mol. The van der Waals surface area contributed by atoms with Crippen LogP contribution in [0.1, 0.15) is 67.4 Å². The smallest absolute Gasteiger partial charge is 0.335 e. The zero-order chi connectivity index (χ0) is 22.3. The Hall–Kier alpha value is -0.546. The highest BCUT2D eigenvalue weighted by Crippen LogP contribution is 2.49. The van der Waals surface area contributed by atoms with Crippen molar-refractivity contribution in [3.63, 3.8) is 0 Å². The first-order valence-electron chi connectivity index (χ1n) is 11.4. The molecule has 1 unspecified atom stereocenters. The van der Waals surface area contributed by atoms with E-state index in [4.69, 9.17) is 17.7 Å². The second kappa shape index (κ2) is 8.77. The number of ether oxygens (including phenoxy) is 1. The molecule has 2 fully saturated rings. The topological polar surface area (TPSA) is 57.2 Å². The Kier molecular flexibility index (Phi) is 7.05. The summed E-state index contributed by atoms with van der Waals surface area (Å²) in [5.74, 6) is -1.36. The first-order chi connectivity index (χ1) is 14.0. The maximum absolute atomic E-state index is 11.4. The summed E-state index contributed by atoms with van der Waals surface area (Å²) in [6.45, 7) is 18.1. The van der Waals surface area contributed by atoms with Gasteiger partial charge in [0.25, 0.3) is 0 Å². The molecule has 0 amide bonds. The fourth-order valence-corrected chi connectivity index (χ4v) is 16.3. The minimum absolute atomic E-state index is 0.252. The normalized spacial score (nSPS) is 31.2. The first kappa shape index (κ1) is 24.1. The van der Waals surface area contributed by atoms with Gasteiger partial charge in [-0.2, -0.15) is 0 Å². The van der Waals surface area contributed by atoms with Gasteiger partial charge in [-0.25, -0.2) is 0 Å². The van der Waals surface area contributed by atoms with Crippen molar-refractivity contribution in [3.05, 3.63) is 35.9 Å². The number of hydrogen-bond acceptors (Lipinski definition) is 5. The van der Waals surface area contributed by atoms with Crippen LogP contribution in [0.5, 0.6) is 0 Å². The lowest BCUT2D eigenvalue weighted by Crippen LogP contribution is -2.65. The maximum atomic E-state index is 11.4. The van der Waals surface area contributed by atoms with Gasteiger partial charge in [0.15, 0.2) is 5.79 Å². The zero-order valence-corrected chi connectivity index (χ0v) is 21.8. The molecule has 2 aliphatic rings. The predicted octanol–water partition coefficient (Wildman–Crippen LogP) is 5.58. The summed E-state index contributed by atoms with van der Waals surface area (Å²) in [7, 11) is -5.28. The molecule has 170 valence electrons. The van der Waals surface area contributed by atoms with E-state index in [1.54, 1.807) is 0 Å². The molecule has 1 aromatic carbocycles. The molecule has 3 rings (SSSR count). The lowest BCUT2D eigenvalue weighted by molar-refractivity contribution is -0.206. The molecule has 2 saturated heterocycles. The molecule has 2 heterocycles. The van der Waals surface area contributed by atoms with Crippen LogP contribution in [-0.4, -0.2) is 41.0 Å². The van der Waals surface area contributed by atoms with Gasteiger partial charge in [-0.05, 0) is 22.2 Å². The Morgan fingerprint density at radius 3 is 1.87 bits per heavy atom. The van der Waals surface area contributed by atoms with Crippen molar-refractivity contribution in [2.45, 2.75) is 102 Å². The van der Waals surface area contributed by atoms with Crippen molar-refractivity contribution in [2.24, 2.45) is 0 Å². The van der Waals surface area contributed by atoms with Crippen LogP contribution in [0.15, 0.2) is 30.3 Å². The van der Waals surface area contributed by atoms with Crippen LogP contribution in [0.25, 0.3) is 0 Å². The molecule has 1 N–H and O–H groups in total. The highest BCUT2D eigenvalue weighted by Gasteiger charge is 2.61. The van der Waals surface area contributed by atoms with Crippen LogP contribution in [0.2, 0.25) is 22.2 Å². The number of aliphatic hydroxyl groups is 1. The molecule has 7 heteroatoms. The van der Waals surface area contributed by atoms with E-state index < -0.39 is 22.9 Å². The minimum atomic E-state index is -2.68. The average Bonchev–Trinajstić information content (AvgIpc) is 2.98. The Morgan fingerprint density at radius 2 is 1.37 bits per heavy atom. The number of fused-ring (bicyclic) bond motifs is 1. The van der Waals surface area contributed by atoms with Gasteiger partial charge in [0, 0.05) is 12.0 Å². The Bertz CT molecular complexity index is 693. The molecule has 1 aromatic rings. The van der Waals surface area contributed by atoms with Crippen LogP contribution in [0.4, 0.5) is 0 Å². The number of rotatable bonds is 5. The van der Waals surface area contributed by atoms with Crippen molar-refractivity contribution in [1.29, 1.82) is 0 Å². The van der Waals surface area contributed by atoms with E-state index in [2.05, 4.69) is 55.4 Å². The first-order valence-corrected chi connectivity index (χ1v) is 15.4. The molecule has 5 nitrogen and oxygen atoms in total. The number of hydrogen-bond donors (Lipinski definition) is 1. The third-order valence-electron chi connectivity index (χ3n) is 6.81. The van der Waals surface area contributed by atoms with Crippen molar-refractivity contribution in [2.75, 3.05) is 6.61 Å². The molecule has 0 bridgehead atoms. The average molecular weight is 453 g/mol. The van der Waals surface area contributed by atoms with Crippen LogP contribution in [0.3, 0.4) is 0 Å². The van der Waals surface area contributed by atoms with Gasteiger partial charge in [0.05, 0.1) is 12.7 Å². The highest BCUT2D eigenvalue weighted by molar-refractivity contribution is 6.83. The molecule has 30 heavy (non-hydrogen) atoms. The molecule has 0 radical (unpaired) electrons. The van der Waals surface area contributed by atoms with E-state index in [1.807, 2.05) is 30.3 Å². The van der Waals surface area contributed by atoms with Gasteiger partial charge < -0.3 is 22.8 Å². The molecule has 2 aliphatic heterocycles. The predicted molar refractivity (Wildman–Crippen MR) is 124 cm³/mol.